The molecule has 0 saturated heterocycles. The van der Waals surface area contributed by atoms with Crippen LogP contribution in [0.1, 0.15) is 55.5 Å². The Morgan fingerprint density at radius 1 is 0.944 bits per heavy atom. The summed E-state index contributed by atoms with van der Waals surface area (Å²) >= 11 is 0. The van der Waals surface area contributed by atoms with E-state index in [1.54, 1.807) is 12.4 Å². The first-order valence-electron chi connectivity index (χ1n) is 12.7. The average Bonchev–Trinajstić information content (AvgIpc) is 2.91. The third-order valence-corrected chi connectivity index (χ3v) is 6.44. The summed E-state index contributed by atoms with van der Waals surface area (Å²) in [6.45, 7) is 0.261. The van der Waals surface area contributed by atoms with Crippen LogP contribution >= 0.6 is 0 Å². The molecule has 0 fully saturated rings. The Kier molecular flexibility index (Phi) is 8.97. The monoisotopic (exact) mass is 487 g/mol. The smallest absolute Gasteiger partial charge is 0.326 e. The number of carboxylic acid groups (broad SMARTS) is 1. The van der Waals surface area contributed by atoms with Crippen molar-refractivity contribution >= 4 is 17.8 Å². The van der Waals surface area contributed by atoms with Crippen LogP contribution in [-0.4, -0.2) is 44.5 Å². The minimum absolute atomic E-state index is 0.0685. The fourth-order valence-corrected chi connectivity index (χ4v) is 4.40. The van der Waals surface area contributed by atoms with Gasteiger partial charge in [-0.25, -0.2) is 14.8 Å². The Hall–Kier alpha value is -3.81. The number of nitrogens with zero attached hydrogens (tertiary/aromatic N) is 3. The molecule has 8 heteroatoms. The molecule has 2 heterocycles. The van der Waals surface area contributed by atoms with Crippen molar-refractivity contribution in [3.63, 3.8) is 0 Å². The van der Waals surface area contributed by atoms with E-state index in [0.717, 1.165) is 48.9 Å². The Morgan fingerprint density at radius 3 is 2.50 bits per heavy atom. The van der Waals surface area contributed by atoms with Crippen LogP contribution in [0.3, 0.4) is 0 Å². The zero-order chi connectivity index (χ0) is 25.2. The molecule has 8 nitrogen and oxygen atoms in total. The highest BCUT2D eigenvalue weighted by Gasteiger charge is 2.18. The molecule has 0 unspecified atom stereocenters. The predicted molar refractivity (Wildman–Crippen MR) is 139 cm³/mol. The maximum atomic E-state index is 12.2. The molecule has 0 aliphatic heterocycles. The molecule has 36 heavy (non-hydrogen) atoms. The number of unbranched alkanes of at least 4 members (excludes halogenated alkanes) is 1. The summed E-state index contributed by atoms with van der Waals surface area (Å²) in [5, 5.41) is 15.2. The van der Waals surface area contributed by atoms with Gasteiger partial charge >= 0.3 is 5.97 Å². The van der Waals surface area contributed by atoms with E-state index >= 15 is 0 Å². The second-order valence-corrected chi connectivity index (χ2v) is 9.16. The molecule has 1 aromatic carbocycles. The number of rotatable bonds is 12. The quantitative estimate of drug-likeness (QED) is 0.328. The van der Waals surface area contributed by atoms with Gasteiger partial charge in [-0.3, -0.25) is 9.78 Å². The summed E-state index contributed by atoms with van der Waals surface area (Å²) in [4.78, 5) is 37.2. The minimum Gasteiger partial charge on any atom is -0.480 e. The molecule has 2 aromatic heterocycles. The number of pyridine rings is 1. The second kappa shape index (κ2) is 12.8. The van der Waals surface area contributed by atoms with Gasteiger partial charge in [-0.15, -0.1) is 0 Å². The van der Waals surface area contributed by atoms with Gasteiger partial charge in [0.2, 0.25) is 11.9 Å². The first kappa shape index (κ1) is 25.3. The summed E-state index contributed by atoms with van der Waals surface area (Å²) in [5.41, 5.74) is 5.57. The van der Waals surface area contributed by atoms with Crippen molar-refractivity contribution in [2.45, 2.75) is 63.8 Å². The van der Waals surface area contributed by atoms with E-state index in [1.807, 2.05) is 30.3 Å². The molecular formula is C28H33N5O3. The maximum absolute atomic E-state index is 12.2. The molecule has 0 spiro atoms. The third kappa shape index (κ3) is 7.34. The van der Waals surface area contributed by atoms with Gasteiger partial charge in [0, 0.05) is 42.3 Å². The number of nitrogens with one attached hydrogen (secondary N) is 2. The fourth-order valence-electron chi connectivity index (χ4n) is 4.40. The zero-order valence-electron chi connectivity index (χ0n) is 20.4. The Bertz CT molecular complexity index is 1150. The number of benzene rings is 1. The number of aliphatic carboxylic acids is 1. The number of hydrogen-bond acceptors (Lipinski definition) is 6. The predicted octanol–water partition coefficient (Wildman–Crippen LogP) is 4.20. The molecule has 4 rings (SSSR count). The van der Waals surface area contributed by atoms with Crippen molar-refractivity contribution in [1.29, 1.82) is 0 Å². The van der Waals surface area contributed by atoms with Crippen molar-refractivity contribution in [2.24, 2.45) is 0 Å². The van der Waals surface area contributed by atoms with Gasteiger partial charge in [0.05, 0.1) is 0 Å². The van der Waals surface area contributed by atoms with E-state index < -0.39 is 12.0 Å². The number of carbonyl (C=O) groups excluding carboxylic acids is 1. The van der Waals surface area contributed by atoms with Crippen LogP contribution in [0.5, 0.6) is 0 Å². The van der Waals surface area contributed by atoms with Gasteiger partial charge in [-0.2, -0.15) is 0 Å². The van der Waals surface area contributed by atoms with Crippen LogP contribution in [0, 0.1) is 0 Å². The number of hydrogen-bond donors (Lipinski definition) is 3. The highest BCUT2D eigenvalue weighted by atomic mass is 16.4. The van der Waals surface area contributed by atoms with Crippen molar-refractivity contribution in [3.05, 3.63) is 71.8 Å². The van der Waals surface area contributed by atoms with Crippen molar-refractivity contribution < 1.29 is 14.7 Å². The van der Waals surface area contributed by atoms with E-state index in [2.05, 4.69) is 32.7 Å². The molecule has 1 aliphatic carbocycles. The molecule has 3 aromatic rings. The van der Waals surface area contributed by atoms with E-state index in [1.165, 1.54) is 24.1 Å². The van der Waals surface area contributed by atoms with Gasteiger partial charge in [-0.1, -0.05) is 36.4 Å². The lowest BCUT2D eigenvalue weighted by atomic mass is 9.95. The molecule has 3 N–H and O–H groups in total. The van der Waals surface area contributed by atoms with Gasteiger partial charge in [0.25, 0.3) is 0 Å². The molecule has 0 radical (unpaired) electrons. The van der Waals surface area contributed by atoms with E-state index in [4.69, 9.17) is 4.98 Å². The Morgan fingerprint density at radius 2 is 1.72 bits per heavy atom. The first-order chi connectivity index (χ1) is 17.6. The van der Waals surface area contributed by atoms with Crippen LogP contribution in [-0.2, 0) is 28.9 Å². The van der Waals surface area contributed by atoms with Crippen molar-refractivity contribution in [2.75, 3.05) is 11.9 Å². The summed E-state index contributed by atoms with van der Waals surface area (Å²) in [6.07, 6.45) is 11.2. The minimum atomic E-state index is -1.02. The van der Waals surface area contributed by atoms with Crippen LogP contribution < -0.4 is 10.6 Å². The molecule has 1 amide bonds. The number of aryl methyl sites for hydroxylation is 3. The normalized spacial score (nSPS) is 13.4. The van der Waals surface area contributed by atoms with Crippen LogP contribution in [0.15, 0.2) is 54.9 Å². The SMILES string of the molecule is O=C(CCCCc1ccc2c(n1)CCCC2)NCC[C@@H](Nc1ncc(-c2ccccc2)cn1)C(=O)O. The van der Waals surface area contributed by atoms with Gasteiger partial charge in [0.15, 0.2) is 0 Å². The lowest BCUT2D eigenvalue weighted by Crippen LogP contribution is -2.35. The van der Waals surface area contributed by atoms with Gasteiger partial charge in [0.1, 0.15) is 6.04 Å². The summed E-state index contributed by atoms with van der Waals surface area (Å²) in [7, 11) is 0. The highest BCUT2D eigenvalue weighted by molar-refractivity contribution is 5.77. The standard InChI is InChI=1S/C28H33N5O3/c34-26(13-7-5-11-23-15-14-21-10-4-6-12-24(21)32-23)29-17-16-25(27(35)36)33-28-30-18-22(19-31-28)20-8-2-1-3-9-20/h1-3,8-9,14-15,18-19,25H,4-7,10-13,16-17H2,(H,29,34)(H,35,36)(H,30,31,33)/t25-/m1/s1. The van der Waals surface area contributed by atoms with E-state index in [0.29, 0.717) is 6.42 Å². The molecule has 1 atom stereocenters. The molecule has 0 bridgehead atoms. The fraction of sp³-hybridized carbons (Fsp3) is 0.393. The molecule has 0 saturated carbocycles. The van der Waals surface area contributed by atoms with Crippen LogP contribution in [0.25, 0.3) is 11.1 Å². The van der Waals surface area contributed by atoms with E-state index in [-0.39, 0.29) is 24.8 Å². The number of amides is 1. The van der Waals surface area contributed by atoms with Gasteiger partial charge < -0.3 is 15.7 Å². The number of carbonyl (C=O) groups is 2. The van der Waals surface area contributed by atoms with E-state index in [9.17, 15) is 14.7 Å². The molecule has 1 aliphatic rings. The Labute approximate surface area is 211 Å². The average molecular weight is 488 g/mol. The number of carboxylic acids is 1. The lowest BCUT2D eigenvalue weighted by molar-refractivity contribution is -0.138. The summed E-state index contributed by atoms with van der Waals surface area (Å²) in [6, 6.07) is 13.1. The summed E-state index contributed by atoms with van der Waals surface area (Å²) in [5.74, 6) is -0.845. The third-order valence-electron chi connectivity index (χ3n) is 6.44. The second-order valence-electron chi connectivity index (χ2n) is 9.16. The van der Waals surface area contributed by atoms with Gasteiger partial charge in [-0.05, 0) is 68.6 Å². The highest BCUT2D eigenvalue weighted by Crippen LogP contribution is 2.20. The van der Waals surface area contributed by atoms with Crippen LogP contribution in [0.2, 0.25) is 0 Å². The van der Waals surface area contributed by atoms with Crippen molar-refractivity contribution in [1.82, 2.24) is 20.3 Å². The van der Waals surface area contributed by atoms with Crippen LogP contribution in [0.4, 0.5) is 5.95 Å². The molecule has 188 valence electrons. The Balaban J connectivity index is 1.15. The summed E-state index contributed by atoms with van der Waals surface area (Å²) < 4.78 is 0. The maximum Gasteiger partial charge on any atom is 0.326 e. The van der Waals surface area contributed by atoms with Crippen molar-refractivity contribution in [3.8, 4) is 11.1 Å². The largest absolute Gasteiger partial charge is 0.480 e. The zero-order valence-corrected chi connectivity index (χ0v) is 20.4. The lowest BCUT2D eigenvalue weighted by Gasteiger charge is -2.15. The molecular weight excluding hydrogens is 454 g/mol. The number of anilines is 1. The topological polar surface area (TPSA) is 117 Å². The number of aromatic nitrogens is 3. The first-order valence-corrected chi connectivity index (χ1v) is 12.7. The number of fused-ring (bicyclic) bond motifs is 1.